The number of hydrogen-bond donors (Lipinski definition) is 0. The third-order valence-electron chi connectivity index (χ3n) is 2.49. The second-order valence-electron chi connectivity index (χ2n) is 3.86. The first kappa shape index (κ1) is 10.7. The van der Waals surface area contributed by atoms with Gasteiger partial charge in [0.25, 0.3) is 0 Å². The zero-order valence-corrected chi connectivity index (χ0v) is 11.8. The number of hydrogen-bond acceptors (Lipinski definition) is 1. The van der Waals surface area contributed by atoms with Crippen LogP contribution in [0.2, 0.25) is 9.88 Å². The van der Waals surface area contributed by atoms with Crippen LogP contribution in [-0.2, 0) is 0 Å². The molecule has 75 valence electrons. The Kier molecular flexibility index (Phi) is 3.10. The Labute approximate surface area is 96.9 Å². The molecule has 0 unspecified atom stereocenters. The van der Waals surface area contributed by atoms with Gasteiger partial charge in [0.15, 0.2) is 0 Å². The molecule has 0 amide bonds. The van der Waals surface area contributed by atoms with Gasteiger partial charge in [0, 0.05) is 0 Å². The average molecular weight is 304 g/mol. The van der Waals surface area contributed by atoms with E-state index in [9.17, 15) is 4.79 Å². The predicted molar refractivity (Wildman–Crippen MR) is 65.8 cm³/mol. The van der Waals surface area contributed by atoms with Gasteiger partial charge in [-0.3, -0.25) is 0 Å². The number of carbonyl (C=O) groups is 1. The SMILES string of the molecule is [CH3][Sn]([CH3])[C](=O)c1cccc2ccccc12. The van der Waals surface area contributed by atoms with E-state index in [-0.39, 0.29) is 0 Å². The van der Waals surface area contributed by atoms with Gasteiger partial charge in [-0.2, -0.15) is 0 Å². The van der Waals surface area contributed by atoms with Crippen molar-refractivity contribution >= 4 is 34.3 Å². The van der Waals surface area contributed by atoms with E-state index >= 15 is 0 Å². The normalized spacial score (nSPS) is 10.9. The average Bonchev–Trinajstić information content (AvgIpc) is 2.27. The summed E-state index contributed by atoms with van der Waals surface area (Å²) in [7, 11) is 0. The number of fused-ring (bicyclic) bond motifs is 1. The molecule has 2 heteroatoms. The monoisotopic (exact) mass is 305 g/mol. The zero-order chi connectivity index (χ0) is 10.8. The van der Waals surface area contributed by atoms with Crippen molar-refractivity contribution in [2.24, 2.45) is 0 Å². The van der Waals surface area contributed by atoms with E-state index in [0.717, 1.165) is 16.3 Å². The Balaban J connectivity index is 2.66. The summed E-state index contributed by atoms with van der Waals surface area (Å²) in [6, 6.07) is 14.1. The maximum atomic E-state index is 12.0. The van der Waals surface area contributed by atoms with Gasteiger partial charge in [-0.05, 0) is 0 Å². The number of benzene rings is 2. The van der Waals surface area contributed by atoms with Crippen LogP contribution in [0.15, 0.2) is 42.5 Å². The van der Waals surface area contributed by atoms with Gasteiger partial charge in [-0.15, -0.1) is 0 Å². The summed E-state index contributed by atoms with van der Waals surface area (Å²) < 4.78 is 0.411. The molecule has 0 aliphatic rings. The Hall–Kier alpha value is -0.831. The van der Waals surface area contributed by atoms with E-state index < -0.39 is 19.8 Å². The Bertz CT molecular complexity index is 497. The number of rotatable bonds is 2. The van der Waals surface area contributed by atoms with Crippen LogP contribution < -0.4 is 0 Å². The summed E-state index contributed by atoms with van der Waals surface area (Å²) in [5.74, 6) is 0. The van der Waals surface area contributed by atoms with Crippen LogP contribution in [0.5, 0.6) is 0 Å². The Morgan fingerprint density at radius 2 is 1.67 bits per heavy atom. The van der Waals surface area contributed by atoms with Gasteiger partial charge in [0.05, 0.1) is 0 Å². The number of carbonyl (C=O) groups excluding carboxylic acids is 1. The molecule has 2 aromatic carbocycles. The molecule has 2 rings (SSSR count). The second-order valence-corrected chi connectivity index (χ2v) is 10.9. The van der Waals surface area contributed by atoms with Gasteiger partial charge >= 0.3 is 97.0 Å². The van der Waals surface area contributed by atoms with Crippen LogP contribution in [0.25, 0.3) is 10.8 Å². The van der Waals surface area contributed by atoms with Crippen LogP contribution >= 0.6 is 0 Å². The zero-order valence-electron chi connectivity index (χ0n) is 8.95. The molecule has 0 heterocycles. The van der Waals surface area contributed by atoms with Gasteiger partial charge in [0.1, 0.15) is 0 Å². The molecule has 0 atom stereocenters. The molecule has 0 bridgehead atoms. The van der Waals surface area contributed by atoms with Gasteiger partial charge in [-0.1, -0.05) is 0 Å². The molecule has 1 radical (unpaired) electrons. The maximum absolute atomic E-state index is 12.0. The summed E-state index contributed by atoms with van der Waals surface area (Å²) in [4.78, 5) is 16.3. The molecule has 0 spiro atoms. The van der Waals surface area contributed by atoms with Crippen molar-refractivity contribution in [3.63, 3.8) is 0 Å². The van der Waals surface area contributed by atoms with E-state index in [1.165, 1.54) is 0 Å². The van der Waals surface area contributed by atoms with Gasteiger partial charge < -0.3 is 0 Å². The Morgan fingerprint density at radius 1 is 1.00 bits per heavy atom. The van der Waals surface area contributed by atoms with Crippen LogP contribution in [0.4, 0.5) is 0 Å². The summed E-state index contributed by atoms with van der Waals surface area (Å²) in [5, 5.41) is 2.26. The van der Waals surface area contributed by atoms with E-state index in [0.29, 0.717) is 3.80 Å². The standard InChI is InChI=1S/C11H7O.2CH3.Sn/c12-8-10-6-3-5-9-4-1-2-7-11(9)10;;;/h1-7H;2*1H3;. The molecular weight excluding hydrogens is 291 g/mol. The fraction of sp³-hybridized carbons (Fsp3) is 0.154. The molecule has 15 heavy (non-hydrogen) atoms. The van der Waals surface area contributed by atoms with Gasteiger partial charge in [0.2, 0.25) is 0 Å². The van der Waals surface area contributed by atoms with Crippen molar-refractivity contribution in [1.29, 1.82) is 0 Å². The first-order valence-electron chi connectivity index (χ1n) is 5.03. The predicted octanol–water partition coefficient (Wildman–Crippen LogP) is 3.32. The van der Waals surface area contributed by atoms with Crippen molar-refractivity contribution in [2.45, 2.75) is 9.88 Å². The fourth-order valence-corrected chi connectivity index (χ4v) is 3.85. The summed E-state index contributed by atoms with van der Waals surface area (Å²) >= 11 is -1.77. The molecule has 0 aliphatic heterocycles. The third-order valence-corrected chi connectivity index (χ3v) is 5.85. The van der Waals surface area contributed by atoms with E-state index in [4.69, 9.17) is 0 Å². The quantitative estimate of drug-likeness (QED) is 0.778. The van der Waals surface area contributed by atoms with Crippen molar-refractivity contribution in [3.8, 4) is 0 Å². The molecule has 0 aliphatic carbocycles. The fourth-order valence-electron chi connectivity index (χ4n) is 1.69. The summed E-state index contributed by atoms with van der Waals surface area (Å²) in [6.07, 6.45) is 0. The molecule has 1 nitrogen and oxygen atoms in total. The van der Waals surface area contributed by atoms with E-state index in [1.54, 1.807) is 0 Å². The van der Waals surface area contributed by atoms with E-state index in [1.807, 2.05) is 30.3 Å². The molecular formula is C13H13OSn. The van der Waals surface area contributed by atoms with Crippen molar-refractivity contribution in [1.82, 2.24) is 0 Å². The topological polar surface area (TPSA) is 17.1 Å². The van der Waals surface area contributed by atoms with Crippen molar-refractivity contribution < 1.29 is 4.79 Å². The van der Waals surface area contributed by atoms with Crippen molar-refractivity contribution in [2.75, 3.05) is 0 Å². The minimum atomic E-state index is -1.77. The molecule has 2 aromatic rings. The first-order chi connectivity index (χ1) is 7.20. The van der Waals surface area contributed by atoms with Crippen LogP contribution in [0, 0.1) is 0 Å². The second kappa shape index (κ2) is 4.35. The van der Waals surface area contributed by atoms with Crippen LogP contribution in [0.3, 0.4) is 0 Å². The van der Waals surface area contributed by atoms with E-state index in [2.05, 4.69) is 22.0 Å². The van der Waals surface area contributed by atoms with Crippen LogP contribution in [0.1, 0.15) is 10.4 Å². The first-order valence-corrected chi connectivity index (χ1v) is 12.2. The molecule has 0 saturated carbocycles. The minimum absolute atomic E-state index is 0.411. The molecule has 0 aromatic heterocycles. The summed E-state index contributed by atoms with van der Waals surface area (Å²) in [5.41, 5.74) is 0.924. The molecule has 0 fully saturated rings. The third kappa shape index (κ3) is 2.07. The molecule has 0 N–H and O–H groups in total. The Morgan fingerprint density at radius 3 is 2.40 bits per heavy atom. The summed E-state index contributed by atoms with van der Waals surface area (Å²) in [6.45, 7) is 0. The van der Waals surface area contributed by atoms with Gasteiger partial charge in [-0.25, -0.2) is 0 Å². The molecule has 0 saturated heterocycles. The van der Waals surface area contributed by atoms with Crippen molar-refractivity contribution in [3.05, 3.63) is 48.0 Å². The van der Waals surface area contributed by atoms with Crippen LogP contribution in [-0.4, -0.2) is 23.6 Å².